The van der Waals surface area contributed by atoms with Crippen molar-refractivity contribution in [2.45, 2.75) is 12.8 Å². The lowest BCUT2D eigenvalue weighted by atomic mass is 10.3. The monoisotopic (exact) mass is 253 g/mol. The SMILES string of the molecule is OCCCCOc1nc(F)c(Cl)cc1Cl. The highest BCUT2D eigenvalue weighted by Gasteiger charge is 2.09. The zero-order valence-electron chi connectivity index (χ0n) is 7.84. The summed E-state index contributed by atoms with van der Waals surface area (Å²) in [6.45, 7) is 0.424. The Balaban J connectivity index is 2.57. The summed E-state index contributed by atoms with van der Waals surface area (Å²) in [4.78, 5) is 3.45. The summed E-state index contributed by atoms with van der Waals surface area (Å²) in [5.41, 5.74) is 0. The first-order valence-electron chi connectivity index (χ1n) is 4.40. The normalized spacial score (nSPS) is 10.4. The molecule has 84 valence electrons. The van der Waals surface area contributed by atoms with Gasteiger partial charge in [-0.05, 0) is 18.9 Å². The van der Waals surface area contributed by atoms with E-state index in [4.69, 9.17) is 33.0 Å². The Morgan fingerprint density at radius 3 is 2.73 bits per heavy atom. The topological polar surface area (TPSA) is 42.4 Å². The third-order valence-corrected chi connectivity index (χ3v) is 2.18. The molecule has 0 unspecified atom stereocenters. The third kappa shape index (κ3) is 3.81. The van der Waals surface area contributed by atoms with Crippen LogP contribution in [-0.4, -0.2) is 23.3 Å². The maximum atomic E-state index is 12.9. The lowest BCUT2D eigenvalue weighted by molar-refractivity contribution is 0.248. The highest BCUT2D eigenvalue weighted by Crippen LogP contribution is 2.26. The van der Waals surface area contributed by atoms with E-state index in [1.807, 2.05) is 0 Å². The van der Waals surface area contributed by atoms with Crippen LogP contribution in [0.2, 0.25) is 10.0 Å². The maximum Gasteiger partial charge on any atom is 0.235 e. The Hall–Kier alpha value is -0.580. The van der Waals surface area contributed by atoms with E-state index in [-0.39, 0.29) is 22.5 Å². The minimum atomic E-state index is -0.807. The third-order valence-electron chi connectivity index (χ3n) is 1.65. The van der Waals surface area contributed by atoms with Crippen LogP contribution in [0.15, 0.2) is 6.07 Å². The molecule has 0 aliphatic carbocycles. The van der Waals surface area contributed by atoms with Gasteiger partial charge in [-0.2, -0.15) is 9.37 Å². The first kappa shape index (κ1) is 12.5. The molecule has 3 nitrogen and oxygen atoms in total. The molecule has 0 saturated carbocycles. The summed E-state index contributed by atoms with van der Waals surface area (Å²) in [5, 5.41) is 8.56. The van der Waals surface area contributed by atoms with Crippen LogP contribution in [-0.2, 0) is 0 Å². The van der Waals surface area contributed by atoms with Gasteiger partial charge < -0.3 is 9.84 Å². The lowest BCUT2D eigenvalue weighted by Crippen LogP contribution is -2.02. The Morgan fingerprint density at radius 1 is 1.33 bits per heavy atom. The summed E-state index contributed by atoms with van der Waals surface area (Å²) in [5.74, 6) is -0.783. The molecule has 15 heavy (non-hydrogen) atoms. The Bertz CT molecular complexity index is 336. The fourth-order valence-electron chi connectivity index (χ4n) is 0.912. The van der Waals surface area contributed by atoms with Gasteiger partial charge in [-0.25, -0.2) is 0 Å². The van der Waals surface area contributed by atoms with Gasteiger partial charge in [-0.3, -0.25) is 0 Å². The van der Waals surface area contributed by atoms with Crippen LogP contribution >= 0.6 is 23.2 Å². The molecule has 0 spiro atoms. The molecule has 6 heteroatoms. The fraction of sp³-hybridized carbons (Fsp3) is 0.444. The van der Waals surface area contributed by atoms with Crippen molar-refractivity contribution in [3.05, 3.63) is 22.1 Å². The van der Waals surface area contributed by atoms with E-state index in [0.717, 1.165) is 0 Å². The van der Waals surface area contributed by atoms with Gasteiger partial charge in [-0.1, -0.05) is 23.2 Å². The molecule has 0 radical (unpaired) electrons. The molecule has 0 saturated heterocycles. The predicted octanol–water partition coefficient (Wildman–Crippen LogP) is 2.68. The number of aliphatic hydroxyl groups is 1. The van der Waals surface area contributed by atoms with Gasteiger partial charge in [0.2, 0.25) is 11.8 Å². The van der Waals surface area contributed by atoms with Crippen molar-refractivity contribution in [3.63, 3.8) is 0 Å². The van der Waals surface area contributed by atoms with E-state index in [1.54, 1.807) is 0 Å². The van der Waals surface area contributed by atoms with Crippen LogP contribution < -0.4 is 4.74 Å². The van der Waals surface area contributed by atoms with Crippen LogP contribution in [0.3, 0.4) is 0 Å². The minimum absolute atomic E-state index is 0.0245. The number of aliphatic hydroxyl groups excluding tert-OH is 1. The maximum absolute atomic E-state index is 12.9. The van der Waals surface area contributed by atoms with Gasteiger partial charge in [0.15, 0.2) is 0 Å². The smallest absolute Gasteiger partial charge is 0.235 e. The summed E-state index contributed by atoms with van der Waals surface area (Å²) < 4.78 is 18.0. The quantitative estimate of drug-likeness (QED) is 0.648. The van der Waals surface area contributed by atoms with E-state index >= 15 is 0 Å². The highest BCUT2D eigenvalue weighted by atomic mass is 35.5. The zero-order chi connectivity index (χ0) is 11.3. The minimum Gasteiger partial charge on any atom is -0.477 e. The number of hydrogen-bond acceptors (Lipinski definition) is 3. The standard InChI is InChI=1S/C9H10Cl2FNO2/c10-6-5-7(11)9(13-8(6)12)15-4-2-1-3-14/h5,14H,1-4H2. The number of pyridine rings is 1. The van der Waals surface area contributed by atoms with E-state index in [9.17, 15) is 4.39 Å². The second-order valence-electron chi connectivity index (χ2n) is 2.83. The highest BCUT2D eigenvalue weighted by molar-refractivity contribution is 6.35. The first-order valence-corrected chi connectivity index (χ1v) is 5.16. The molecule has 0 amide bonds. The lowest BCUT2D eigenvalue weighted by Gasteiger charge is -2.06. The number of ether oxygens (including phenoxy) is 1. The summed E-state index contributed by atoms with van der Waals surface area (Å²) in [7, 11) is 0. The first-order chi connectivity index (χ1) is 7.15. The van der Waals surface area contributed by atoms with Gasteiger partial charge in [0.05, 0.1) is 11.6 Å². The molecule has 1 aromatic heterocycles. The molecule has 1 aromatic rings. The van der Waals surface area contributed by atoms with Gasteiger partial charge in [-0.15, -0.1) is 0 Å². The number of rotatable bonds is 5. The van der Waals surface area contributed by atoms with Crippen molar-refractivity contribution in [2.75, 3.05) is 13.2 Å². The zero-order valence-corrected chi connectivity index (χ0v) is 9.35. The van der Waals surface area contributed by atoms with E-state index < -0.39 is 5.95 Å². The van der Waals surface area contributed by atoms with Crippen molar-refractivity contribution < 1.29 is 14.2 Å². The van der Waals surface area contributed by atoms with Gasteiger partial charge in [0, 0.05) is 6.61 Å². The van der Waals surface area contributed by atoms with E-state index in [0.29, 0.717) is 19.4 Å². The predicted molar refractivity (Wildman–Crippen MR) is 56.0 cm³/mol. The Morgan fingerprint density at radius 2 is 2.07 bits per heavy atom. The molecule has 0 bridgehead atoms. The molecule has 1 heterocycles. The molecular formula is C9H10Cl2FNO2. The van der Waals surface area contributed by atoms with Gasteiger partial charge in [0.25, 0.3) is 0 Å². The van der Waals surface area contributed by atoms with Gasteiger partial charge in [0.1, 0.15) is 5.02 Å². The van der Waals surface area contributed by atoms with Crippen molar-refractivity contribution in [1.29, 1.82) is 0 Å². The molecule has 0 atom stereocenters. The number of nitrogens with zero attached hydrogens (tertiary/aromatic N) is 1. The van der Waals surface area contributed by atoms with Crippen LogP contribution in [0.4, 0.5) is 4.39 Å². The largest absolute Gasteiger partial charge is 0.477 e. The molecule has 0 aliphatic rings. The molecule has 1 N–H and O–H groups in total. The second-order valence-corrected chi connectivity index (χ2v) is 3.64. The van der Waals surface area contributed by atoms with Crippen molar-refractivity contribution in [2.24, 2.45) is 0 Å². The number of halogens is 3. The summed E-state index contributed by atoms with van der Waals surface area (Å²) in [6.07, 6.45) is 1.27. The van der Waals surface area contributed by atoms with Gasteiger partial charge >= 0.3 is 0 Å². The van der Waals surface area contributed by atoms with Crippen molar-refractivity contribution >= 4 is 23.2 Å². The van der Waals surface area contributed by atoms with Crippen LogP contribution in [0.5, 0.6) is 5.88 Å². The van der Waals surface area contributed by atoms with Crippen LogP contribution in [0.25, 0.3) is 0 Å². The average molecular weight is 254 g/mol. The van der Waals surface area contributed by atoms with E-state index in [1.165, 1.54) is 6.07 Å². The Labute approximate surface area is 96.8 Å². The molecule has 0 aromatic carbocycles. The molecule has 0 fully saturated rings. The van der Waals surface area contributed by atoms with Crippen LogP contribution in [0.1, 0.15) is 12.8 Å². The number of hydrogen-bond donors (Lipinski definition) is 1. The van der Waals surface area contributed by atoms with Crippen molar-refractivity contribution in [1.82, 2.24) is 4.98 Å². The fourth-order valence-corrected chi connectivity index (χ4v) is 1.33. The summed E-state index contributed by atoms with van der Waals surface area (Å²) >= 11 is 11.2. The van der Waals surface area contributed by atoms with Crippen molar-refractivity contribution in [3.8, 4) is 5.88 Å². The average Bonchev–Trinajstić information content (AvgIpc) is 2.20. The van der Waals surface area contributed by atoms with Crippen LogP contribution in [0, 0.1) is 5.95 Å². The number of aromatic nitrogens is 1. The molecule has 0 aliphatic heterocycles. The summed E-state index contributed by atoms with van der Waals surface area (Å²) in [6, 6.07) is 1.24. The molecule has 1 rings (SSSR count). The second kappa shape index (κ2) is 6.10. The molecular weight excluding hydrogens is 244 g/mol. The Kier molecular flexibility index (Phi) is 5.08. The number of unbranched alkanes of at least 4 members (excludes halogenated alkanes) is 1. The van der Waals surface area contributed by atoms with E-state index in [2.05, 4.69) is 4.98 Å².